The number of aromatic amines is 1. The molecule has 7 nitrogen and oxygen atoms in total. The highest BCUT2D eigenvalue weighted by Gasteiger charge is 2.12. The second kappa shape index (κ2) is 7.29. The molecule has 30 heavy (non-hydrogen) atoms. The third kappa shape index (κ3) is 3.44. The standard InChI is InChI=1S/C23H17N5O2/c1-14-27-28-23(30-14)24-18-10-7-16(8-11-18)22-25-19-12-9-17(13-20(19)26-22)21(29)15-5-3-2-4-6-15/h2-13H,1H3,(H,24,28)(H,25,26). The first kappa shape index (κ1) is 17.8. The minimum Gasteiger partial charge on any atom is -0.408 e. The molecule has 2 heterocycles. The molecule has 0 radical (unpaired) electrons. The van der Waals surface area contributed by atoms with Crippen LogP contribution in [0.2, 0.25) is 0 Å². The van der Waals surface area contributed by atoms with Crippen LogP contribution in [0.25, 0.3) is 22.4 Å². The summed E-state index contributed by atoms with van der Waals surface area (Å²) < 4.78 is 5.33. The minimum absolute atomic E-state index is 0.0197. The summed E-state index contributed by atoms with van der Waals surface area (Å²) in [6.45, 7) is 1.74. The molecule has 2 N–H and O–H groups in total. The van der Waals surface area contributed by atoms with E-state index in [-0.39, 0.29) is 5.78 Å². The number of ketones is 1. The van der Waals surface area contributed by atoms with Gasteiger partial charge < -0.3 is 14.7 Å². The fourth-order valence-corrected chi connectivity index (χ4v) is 3.22. The third-order valence-electron chi connectivity index (χ3n) is 4.72. The van der Waals surface area contributed by atoms with Crippen molar-refractivity contribution in [1.29, 1.82) is 0 Å². The van der Waals surface area contributed by atoms with Gasteiger partial charge in [-0.3, -0.25) is 4.79 Å². The molecule has 0 saturated heterocycles. The number of H-pyrrole nitrogens is 1. The van der Waals surface area contributed by atoms with E-state index in [9.17, 15) is 4.79 Å². The molecule has 0 bridgehead atoms. The van der Waals surface area contributed by atoms with Crippen LogP contribution >= 0.6 is 0 Å². The molecule has 0 amide bonds. The van der Waals surface area contributed by atoms with E-state index in [1.807, 2.05) is 72.8 Å². The fraction of sp³-hybridized carbons (Fsp3) is 0.0435. The Kier molecular flexibility index (Phi) is 4.33. The largest absolute Gasteiger partial charge is 0.408 e. The number of rotatable bonds is 5. The maximum absolute atomic E-state index is 12.7. The molecule has 0 aliphatic rings. The van der Waals surface area contributed by atoms with Crippen LogP contribution < -0.4 is 5.32 Å². The zero-order valence-electron chi connectivity index (χ0n) is 16.1. The van der Waals surface area contributed by atoms with Gasteiger partial charge >= 0.3 is 6.01 Å². The van der Waals surface area contributed by atoms with Crippen LogP contribution in [0, 0.1) is 6.92 Å². The molecule has 0 atom stereocenters. The second-order valence-corrected chi connectivity index (χ2v) is 6.84. The van der Waals surface area contributed by atoms with Crippen LogP contribution in [-0.4, -0.2) is 25.9 Å². The van der Waals surface area contributed by atoms with Gasteiger partial charge in [0, 0.05) is 29.3 Å². The van der Waals surface area contributed by atoms with Crippen LogP contribution in [0.5, 0.6) is 0 Å². The van der Waals surface area contributed by atoms with Crippen molar-refractivity contribution in [1.82, 2.24) is 20.2 Å². The summed E-state index contributed by atoms with van der Waals surface area (Å²) in [6.07, 6.45) is 0. The normalized spacial score (nSPS) is 11.0. The first-order chi connectivity index (χ1) is 14.7. The highest BCUT2D eigenvalue weighted by atomic mass is 16.4. The van der Waals surface area contributed by atoms with E-state index in [1.54, 1.807) is 6.92 Å². The van der Waals surface area contributed by atoms with Crippen molar-refractivity contribution in [3.05, 3.63) is 89.8 Å². The maximum atomic E-state index is 12.7. The predicted molar refractivity (Wildman–Crippen MR) is 114 cm³/mol. The van der Waals surface area contributed by atoms with Crippen LogP contribution in [0.15, 0.2) is 77.2 Å². The molecular formula is C23H17N5O2. The summed E-state index contributed by atoms with van der Waals surface area (Å²) >= 11 is 0. The fourth-order valence-electron chi connectivity index (χ4n) is 3.22. The van der Waals surface area contributed by atoms with Gasteiger partial charge in [0.25, 0.3) is 0 Å². The number of aromatic nitrogens is 4. The van der Waals surface area contributed by atoms with E-state index >= 15 is 0 Å². The first-order valence-electron chi connectivity index (χ1n) is 9.43. The highest BCUT2D eigenvalue weighted by molar-refractivity contribution is 6.10. The molecule has 7 heteroatoms. The molecule has 0 fully saturated rings. The Morgan fingerprint density at radius 2 is 1.73 bits per heavy atom. The van der Waals surface area contributed by atoms with Crippen molar-refractivity contribution in [2.75, 3.05) is 5.32 Å². The summed E-state index contributed by atoms with van der Waals surface area (Å²) in [5.41, 5.74) is 4.64. The van der Waals surface area contributed by atoms with Gasteiger partial charge in [-0.05, 0) is 42.5 Å². The molecule has 3 aromatic carbocycles. The maximum Gasteiger partial charge on any atom is 0.320 e. The molecular weight excluding hydrogens is 378 g/mol. The minimum atomic E-state index is -0.0197. The number of hydrogen-bond acceptors (Lipinski definition) is 6. The monoisotopic (exact) mass is 395 g/mol. The Labute approximate surface area is 171 Å². The van der Waals surface area contributed by atoms with E-state index in [4.69, 9.17) is 4.42 Å². The number of fused-ring (bicyclic) bond motifs is 1. The Balaban J connectivity index is 1.40. The van der Waals surface area contributed by atoms with Crippen molar-refractivity contribution in [3.63, 3.8) is 0 Å². The van der Waals surface area contributed by atoms with Crippen LogP contribution in [0.1, 0.15) is 21.8 Å². The second-order valence-electron chi connectivity index (χ2n) is 6.84. The summed E-state index contributed by atoms with van der Waals surface area (Å²) in [7, 11) is 0. The lowest BCUT2D eigenvalue weighted by Crippen LogP contribution is -2.00. The number of aryl methyl sites for hydroxylation is 1. The van der Waals surface area contributed by atoms with Gasteiger partial charge in [-0.15, -0.1) is 5.10 Å². The van der Waals surface area contributed by atoms with Gasteiger partial charge in [0.2, 0.25) is 5.89 Å². The van der Waals surface area contributed by atoms with Gasteiger partial charge in [0.1, 0.15) is 5.82 Å². The smallest absolute Gasteiger partial charge is 0.320 e. The van der Waals surface area contributed by atoms with Crippen LogP contribution in [0.4, 0.5) is 11.7 Å². The number of nitrogens with zero attached hydrogens (tertiary/aromatic N) is 3. The Bertz CT molecular complexity index is 1340. The van der Waals surface area contributed by atoms with Gasteiger partial charge in [-0.1, -0.05) is 35.4 Å². The van der Waals surface area contributed by atoms with E-state index in [0.717, 1.165) is 28.1 Å². The number of carbonyl (C=O) groups is 1. The molecule has 0 aliphatic carbocycles. The molecule has 2 aromatic heterocycles. The molecule has 0 saturated carbocycles. The lowest BCUT2D eigenvalue weighted by molar-refractivity contribution is 0.103. The van der Waals surface area contributed by atoms with E-state index in [1.165, 1.54) is 0 Å². The van der Waals surface area contributed by atoms with Crippen molar-refractivity contribution >= 4 is 28.5 Å². The van der Waals surface area contributed by atoms with Crippen molar-refractivity contribution in [2.45, 2.75) is 6.92 Å². The predicted octanol–water partition coefficient (Wildman–Crippen LogP) is 4.90. The van der Waals surface area contributed by atoms with E-state index < -0.39 is 0 Å². The van der Waals surface area contributed by atoms with E-state index in [2.05, 4.69) is 25.5 Å². The molecule has 146 valence electrons. The number of carbonyl (C=O) groups excluding carboxylic acids is 1. The zero-order chi connectivity index (χ0) is 20.5. The Hall–Kier alpha value is -4.26. The number of benzene rings is 3. The van der Waals surface area contributed by atoms with Gasteiger partial charge in [-0.2, -0.15) is 0 Å². The number of anilines is 2. The zero-order valence-corrected chi connectivity index (χ0v) is 16.1. The van der Waals surface area contributed by atoms with Crippen molar-refractivity contribution in [3.8, 4) is 11.4 Å². The van der Waals surface area contributed by atoms with Gasteiger partial charge in [0.05, 0.1) is 11.0 Å². The van der Waals surface area contributed by atoms with Crippen LogP contribution in [-0.2, 0) is 0 Å². The van der Waals surface area contributed by atoms with Gasteiger partial charge in [-0.25, -0.2) is 4.98 Å². The lowest BCUT2D eigenvalue weighted by Gasteiger charge is -2.02. The molecule has 5 rings (SSSR count). The summed E-state index contributed by atoms with van der Waals surface area (Å²) in [4.78, 5) is 20.7. The highest BCUT2D eigenvalue weighted by Crippen LogP contribution is 2.24. The quantitative estimate of drug-likeness (QED) is 0.411. The number of hydrogen-bond donors (Lipinski definition) is 2. The summed E-state index contributed by atoms with van der Waals surface area (Å²) in [5, 5.41) is 10.8. The van der Waals surface area contributed by atoms with Crippen LogP contribution in [0.3, 0.4) is 0 Å². The average Bonchev–Trinajstić information content (AvgIpc) is 3.39. The molecule has 0 spiro atoms. The van der Waals surface area contributed by atoms with Crippen molar-refractivity contribution < 1.29 is 9.21 Å². The topological polar surface area (TPSA) is 96.7 Å². The number of imidazole rings is 1. The third-order valence-corrected chi connectivity index (χ3v) is 4.72. The molecule has 0 unspecified atom stereocenters. The first-order valence-corrected chi connectivity index (χ1v) is 9.43. The molecule has 0 aliphatic heterocycles. The lowest BCUT2D eigenvalue weighted by atomic mass is 10.0. The van der Waals surface area contributed by atoms with Crippen molar-refractivity contribution in [2.24, 2.45) is 0 Å². The molecule has 5 aromatic rings. The van der Waals surface area contributed by atoms with Gasteiger partial charge in [0.15, 0.2) is 5.78 Å². The summed E-state index contributed by atoms with van der Waals surface area (Å²) in [5.74, 6) is 1.21. The Morgan fingerprint density at radius 3 is 2.47 bits per heavy atom. The summed E-state index contributed by atoms with van der Waals surface area (Å²) in [6, 6.07) is 22.8. The van der Waals surface area contributed by atoms with E-state index in [0.29, 0.717) is 23.0 Å². The number of nitrogens with one attached hydrogen (secondary N) is 2. The Morgan fingerprint density at radius 1 is 0.933 bits per heavy atom. The SMILES string of the molecule is Cc1nnc(Nc2ccc(-c3nc4cc(C(=O)c5ccccc5)ccc4[nH]3)cc2)o1. The average molecular weight is 395 g/mol.